The van der Waals surface area contributed by atoms with E-state index in [1.165, 1.54) is 5.56 Å². The van der Waals surface area contributed by atoms with E-state index in [0.29, 0.717) is 18.4 Å². The summed E-state index contributed by atoms with van der Waals surface area (Å²) in [7, 11) is -4.38. The van der Waals surface area contributed by atoms with Gasteiger partial charge in [0, 0.05) is 0 Å². The predicted molar refractivity (Wildman–Crippen MR) is 165 cm³/mol. The van der Waals surface area contributed by atoms with Gasteiger partial charge < -0.3 is 10.6 Å². The molecule has 0 aromatic heterocycles. The van der Waals surface area contributed by atoms with E-state index in [9.17, 15) is 18.0 Å². The maximum atomic E-state index is 13.6. The summed E-state index contributed by atoms with van der Waals surface area (Å²) in [5.74, 6) is -2.80. The van der Waals surface area contributed by atoms with Gasteiger partial charge in [-0.1, -0.05) is 121 Å². The monoisotopic (exact) mass is 586 g/mol. The smallest absolute Gasteiger partial charge is 0.323 e. The molecule has 8 heteroatoms. The highest BCUT2D eigenvalue weighted by atomic mass is 32.2. The number of hydrogen-bond acceptors (Lipinski definition) is 6. The van der Waals surface area contributed by atoms with E-state index >= 15 is 0 Å². The lowest BCUT2D eigenvalue weighted by molar-refractivity contribution is -0.183. The minimum Gasteiger partial charge on any atom is -0.323 e. The number of fused-ring (bicyclic) bond motifs is 1. The van der Waals surface area contributed by atoms with Crippen molar-refractivity contribution < 1.29 is 22.8 Å². The van der Waals surface area contributed by atoms with Gasteiger partial charge in [-0.3, -0.25) is 4.79 Å². The average molecular weight is 587 g/mol. The van der Waals surface area contributed by atoms with E-state index in [1.54, 1.807) is 30.3 Å². The first-order valence-corrected chi connectivity index (χ1v) is 16.0. The van der Waals surface area contributed by atoms with Gasteiger partial charge in [0.25, 0.3) is 15.9 Å². The highest BCUT2D eigenvalue weighted by molar-refractivity contribution is 7.88. The van der Waals surface area contributed by atoms with Crippen molar-refractivity contribution in [3.8, 4) is 0 Å². The van der Waals surface area contributed by atoms with Gasteiger partial charge in [-0.25, -0.2) is 13.2 Å². The first-order chi connectivity index (χ1) is 20.3. The molecule has 0 fully saturated rings. The van der Waals surface area contributed by atoms with Crippen molar-refractivity contribution in [3.05, 3.63) is 120 Å². The van der Waals surface area contributed by atoms with Crippen LogP contribution in [-0.2, 0) is 43.0 Å². The van der Waals surface area contributed by atoms with Crippen molar-refractivity contribution in [2.24, 2.45) is 11.7 Å². The van der Waals surface area contributed by atoms with Crippen LogP contribution >= 0.6 is 0 Å². The zero-order valence-corrected chi connectivity index (χ0v) is 24.7. The Bertz CT molecular complexity index is 1580. The Balaban J connectivity index is 1.48. The highest BCUT2D eigenvalue weighted by Gasteiger charge is 2.37. The van der Waals surface area contributed by atoms with Crippen LogP contribution < -0.4 is 5.73 Å². The molecule has 2 N–H and O–H groups in total. The minimum absolute atomic E-state index is 0.0786. The molecular formula is C34H38N2O5S. The molecule has 4 aromatic carbocycles. The van der Waals surface area contributed by atoms with Crippen LogP contribution in [0.25, 0.3) is 10.8 Å². The van der Waals surface area contributed by atoms with Gasteiger partial charge in [0.2, 0.25) is 0 Å². The second-order valence-corrected chi connectivity index (χ2v) is 12.3. The van der Waals surface area contributed by atoms with E-state index in [0.717, 1.165) is 35.6 Å². The Morgan fingerprint density at radius 1 is 0.786 bits per heavy atom. The van der Waals surface area contributed by atoms with Crippen LogP contribution in [0.4, 0.5) is 0 Å². The van der Waals surface area contributed by atoms with E-state index in [-0.39, 0.29) is 10.9 Å². The number of sulfonamides is 1. The van der Waals surface area contributed by atoms with Crippen LogP contribution in [0.2, 0.25) is 0 Å². The van der Waals surface area contributed by atoms with Crippen LogP contribution in [0.15, 0.2) is 103 Å². The van der Waals surface area contributed by atoms with Gasteiger partial charge in [0.1, 0.15) is 0 Å². The van der Waals surface area contributed by atoms with Crippen LogP contribution in [0.1, 0.15) is 49.3 Å². The molecule has 7 nitrogen and oxygen atoms in total. The van der Waals surface area contributed by atoms with Crippen LogP contribution in [0.5, 0.6) is 0 Å². The molecule has 0 radical (unpaired) electrons. The summed E-state index contributed by atoms with van der Waals surface area (Å²) >= 11 is 0. The number of benzene rings is 4. The van der Waals surface area contributed by atoms with Crippen molar-refractivity contribution in [1.82, 2.24) is 4.47 Å². The quantitative estimate of drug-likeness (QED) is 0.153. The molecule has 0 saturated carbocycles. The molecule has 0 aliphatic heterocycles. The molecule has 0 aliphatic carbocycles. The van der Waals surface area contributed by atoms with Gasteiger partial charge >= 0.3 is 5.97 Å². The summed E-state index contributed by atoms with van der Waals surface area (Å²) in [5, 5.41) is 2.02. The molecule has 4 rings (SSSR count). The average Bonchev–Trinajstić information content (AvgIpc) is 3.00. The number of carbonyl (C=O) groups is 2. The molecule has 42 heavy (non-hydrogen) atoms. The molecule has 4 aromatic rings. The molecule has 0 bridgehead atoms. The van der Waals surface area contributed by atoms with Gasteiger partial charge in [0.05, 0.1) is 17.7 Å². The van der Waals surface area contributed by atoms with Crippen LogP contribution in [0, 0.1) is 5.92 Å². The van der Waals surface area contributed by atoms with E-state index in [2.05, 4.69) is 12.1 Å². The topological polar surface area (TPSA) is 107 Å². The molecule has 0 aliphatic rings. The Morgan fingerprint density at radius 3 is 2.07 bits per heavy atom. The molecule has 2 atom stereocenters. The fourth-order valence-electron chi connectivity index (χ4n) is 4.93. The van der Waals surface area contributed by atoms with Gasteiger partial charge in [-0.2, -0.15) is 0 Å². The fraction of sp³-hybridized carbons (Fsp3) is 0.294. The maximum Gasteiger partial charge on any atom is 0.337 e. The van der Waals surface area contributed by atoms with E-state index < -0.39 is 39.6 Å². The van der Waals surface area contributed by atoms with Gasteiger partial charge in [0.15, 0.2) is 0 Å². The van der Waals surface area contributed by atoms with E-state index in [4.69, 9.17) is 10.6 Å². The number of carbonyl (C=O) groups excluding carboxylic acids is 2. The lowest BCUT2D eigenvalue weighted by atomic mass is 9.97. The molecule has 0 saturated heterocycles. The minimum atomic E-state index is -4.38. The summed E-state index contributed by atoms with van der Waals surface area (Å²) in [6.45, 7) is 1.85. The number of nitrogens with zero attached hydrogens (tertiary/aromatic N) is 1. The molecule has 0 heterocycles. The first-order valence-electron chi connectivity index (χ1n) is 14.4. The number of nitrogens with two attached hydrogens (primary N) is 1. The summed E-state index contributed by atoms with van der Waals surface area (Å²) in [6, 6.07) is 30.8. The number of aryl methyl sites for hydroxylation is 1. The third kappa shape index (κ3) is 8.50. The highest BCUT2D eigenvalue weighted by Crippen LogP contribution is 2.21. The molecule has 1 amide bonds. The fourth-order valence-corrected chi connectivity index (χ4v) is 6.26. The van der Waals surface area contributed by atoms with E-state index in [1.807, 2.05) is 67.6 Å². The Labute approximate surface area is 248 Å². The zero-order chi connectivity index (χ0) is 30.0. The summed E-state index contributed by atoms with van der Waals surface area (Å²) in [6.07, 6.45) is 3.56. The van der Waals surface area contributed by atoms with Crippen molar-refractivity contribution in [1.29, 1.82) is 0 Å². The second kappa shape index (κ2) is 14.8. The predicted octanol–water partition coefficient (Wildman–Crippen LogP) is 5.97. The molecule has 0 spiro atoms. The molecule has 220 valence electrons. The number of hydroxylamine groups is 1. The SMILES string of the molecule is CCC(CCCCc1ccccc1)C(=O)ON(C(=O)[C@@H](N)Cc1ccc2ccccc2c1)S(=O)(=O)Cc1ccccc1. The Morgan fingerprint density at radius 2 is 1.40 bits per heavy atom. The molecule has 1 unspecified atom stereocenters. The number of unbranched alkanes of at least 4 members (excludes halogenated alkanes) is 1. The summed E-state index contributed by atoms with van der Waals surface area (Å²) in [4.78, 5) is 32.2. The number of amides is 1. The Kier molecular flexibility index (Phi) is 10.9. The van der Waals surface area contributed by atoms with Crippen LogP contribution in [0.3, 0.4) is 0 Å². The Hall–Kier alpha value is -4.01. The summed E-state index contributed by atoms with van der Waals surface area (Å²) in [5.41, 5.74) is 8.73. The van der Waals surface area contributed by atoms with Gasteiger partial charge in [-0.15, -0.1) is 0 Å². The third-order valence-corrected chi connectivity index (χ3v) is 8.78. The standard InChI is InChI=1S/C34H38N2O5S/c1-2-29(18-10-9-15-26-13-5-3-6-14-26)34(38)41-36(42(39,40)25-27-16-7-4-8-17-27)33(37)32(35)24-28-21-22-30-19-11-12-20-31(30)23-28/h3-8,11-14,16-17,19-23,29,32H,2,9-10,15,18,24-25,35H2,1H3/t29?,32-/m0/s1. The first kappa shape index (κ1) is 30.9. The lowest BCUT2D eigenvalue weighted by Crippen LogP contribution is -2.49. The maximum absolute atomic E-state index is 13.6. The second-order valence-electron chi connectivity index (χ2n) is 10.5. The molecular weight excluding hydrogens is 548 g/mol. The third-order valence-electron chi connectivity index (χ3n) is 7.32. The lowest BCUT2D eigenvalue weighted by Gasteiger charge is -2.25. The van der Waals surface area contributed by atoms with Crippen molar-refractivity contribution in [2.75, 3.05) is 0 Å². The zero-order valence-electron chi connectivity index (χ0n) is 23.9. The van der Waals surface area contributed by atoms with Gasteiger partial charge in [-0.05, 0) is 59.6 Å². The van der Waals surface area contributed by atoms with Crippen molar-refractivity contribution in [3.63, 3.8) is 0 Å². The van der Waals surface area contributed by atoms with Crippen molar-refractivity contribution >= 4 is 32.7 Å². The normalized spacial score (nSPS) is 12.9. The largest absolute Gasteiger partial charge is 0.337 e. The van der Waals surface area contributed by atoms with Crippen LogP contribution in [-0.4, -0.2) is 30.8 Å². The number of hydrogen-bond donors (Lipinski definition) is 1. The number of rotatable bonds is 13. The summed E-state index contributed by atoms with van der Waals surface area (Å²) < 4.78 is 27.3. The van der Waals surface area contributed by atoms with Crippen molar-refractivity contribution in [2.45, 2.75) is 57.2 Å².